The summed E-state index contributed by atoms with van der Waals surface area (Å²) in [7, 11) is 0. The molecular formula is C21H31N3O4. The number of carbonyl (C=O) groups is 3. The number of likely N-dealkylation sites (tertiary alicyclic amines) is 1. The van der Waals surface area contributed by atoms with E-state index >= 15 is 0 Å². The van der Waals surface area contributed by atoms with Gasteiger partial charge in [0.25, 0.3) is 5.91 Å². The van der Waals surface area contributed by atoms with Gasteiger partial charge in [-0.05, 0) is 58.2 Å². The van der Waals surface area contributed by atoms with Crippen molar-refractivity contribution in [3.05, 3.63) is 29.8 Å². The van der Waals surface area contributed by atoms with E-state index in [4.69, 9.17) is 4.74 Å². The number of hydrogen-bond acceptors (Lipinski definition) is 4. The number of anilines is 1. The van der Waals surface area contributed by atoms with Crippen LogP contribution in [0.1, 0.15) is 63.2 Å². The second kappa shape index (κ2) is 10.1. The molecule has 0 radical (unpaired) electrons. The van der Waals surface area contributed by atoms with Crippen LogP contribution < -0.4 is 10.6 Å². The number of hydrogen-bond donors (Lipinski definition) is 2. The van der Waals surface area contributed by atoms with E-state index in [1.807, 2.05) is 4.90 Å². The molecule has 3 amide bonds. The first-order valence-corrected chi connectivity index (χ1v) is 9.91. The predicted octanol–water partition coefficient (Wildman–Crippen LogP) is 3.56. The lowest BCUT2D eigenvalue weighted by Crippen LogP contribution is -2.34. The Kier molecular flexibility index (Phi) is 7.84. The molecule has 1 saturated heterocycles. The molecule has 0 aliphatic carbocycles. The van der Waals surface area contributed by atoms with Crippen molar-refractivity contribution in [3.63, 3.8) is 0 Å². The molecule has 1 aliphatic heterocycles. The molecule has 1 aromatic rings. The molecule has 1 fully saturated rings. The maximum Gasteiger partial charge on any atom is 0.412 e. The van der Waals surface area contributed by atoms with Crippen LogP contribution in [-0.2, 0) is 9.53 Å². The fourth-order valence-electron chi connectivity index (χ4n) is 3.01. The van der Waals surface area contributed by atoms with Gasteiger partial charge in [-0.15, -0.1) is 0 Å². The van der Waals surface area contributed by atoms with Crippen LogP contribution in [0.15, 0.2) is 24.3 Å². The van der Waals surface area contributed by atoms with Gasteiger partial charge < -0.3 is 15.0 Å². The molecular weight excluding hydrogens is 358 g/mol. The summed E-state index contributed by atoms with van der Waals surface area (Å²) in [4.78, 5) is 38.1. The van der Waals surface area contributed by atoms with Gasteiger partial charge in [-0.1, -0.05) is 12.5 Å². The third-order valence-corrected chi connectivity index (χ3v) is 4.33. The molecule has 2 rings (SSSR count). The highest BCUT2D eigenvalue weighted by Crippen LogP contribution is 2.14. The third kappa shape index (κ3) is 7.58. The first-order valence-electron chi connectivity index (χ1n) is 9.91. The summed E-state index contributed by atoms with van der Waals surface area (Å²) < 4.78 is 5.21. The van der Waals surface area contributed by atoms with Crippen LogP contribution in [0.4, 0.5) is 10.5 Å². The molecule has 0 saturated carbocycles. The highest BCUT2D eigenvalue weighted by atomic mass is 16.6. The van der Waals surface area contributed by atoms with E-state index in [2.05, 4.69) is 10.6 Å². The number of nitrogens with one attached hydrogen (secondary N) is 2. The van der Waals surface area contributed by atoms with E-state index in [0.717, 1.165) is 25.8 Å². The summed E-state index contributed by atoms with van der Waals surface area (Å²) in [5, 5.41) is 5.50. The van der Waals surface area contributed by atoms with Crippen molar-refractivity contribution in [2.24, 2.45) is 0 Å². The molecule has 7 nitrogen and oxygen atoms in total. The number of ether oxygens (including phenoxy) is 1. The van der Waals surface area contributed by atoms with Crippen LogP contribution in [0.25, 0.3) is 0 Å². The fraction of sp³-hybridized carbons (Fsp3) is 0.571. The summed E-state index contributed by atoms with van der Waals surface area (Å²) >= 11 is 0. The number of carbonyl (C=O) groups excluding carboxylic acids is 3. The average Bonchev–Trinajstić information content (AvgIpc) is 2.81. The SMILES string of the molecule is CC(C)(C)OC(=O)Nc1cccc(C(=O)NCCCN2CCCCCC2=O)c1. The summed E-state index contributed by atoms with van der Waals surface area (Å²) in [6.07, 6.45) is 3.91. The minimum absolute atomic E-state index is 0.213. The number of rotatable bonds is 6. The Labute approximate surface area is 166 Å². The Morgan fingerprint density at radius 3 is 2.71 bits per heavy atom. The fourth-order valence-corrected chi connectivity index (χ4v) is 3.01. The zero-order valence-electron chi connectivity index (χ0n) is 17.0. The highest BCUT2D eigenvalue weighted by Gasteiger charge is 2.17. The Balaban J connectivity index is 1.79. The maximum atomic E-state index is 12.3. The van der Waals surface area contributed by atoms with Gasteiger partial charge in [-0.2, -0.15) is 0 Å². The highest BCUT2D eigenvalue weighted by molar-refractivity contribution is 5.96. The Bertz CT molecular complexity index is 697. The lowest BCUT2D eigenvalue weighted by Gasteiger charge is -2.20. The number of benzene rings is 1. The van der Waals surface area contributed by atoms with E-state index in [9.17, 15) is 14.4 Å². The monoisotopic (exact) mass is 389 g/mol. The number of nitrogens with zero attached hydrogens (tertiary/aromatic N) is 1. The quantitative estimate of drug-likeness (QED) is 0.728. The normalized spacial score (nSPS) is 15.0. The van der Waals surface area contributed by atoms with Gasteiger partial charge in [-0.25, -0.2) is 4.79 Å². The van der Waals surface area contributed by atoms with Crippen molar-refractivity contribution in [1.82, 2.24) is 10.2 Å². The molecule has 0 aromatic heterocycles. The largest absolute Gasteiger partial charge is 0.444 e. The number of amides is 3. The standard InChI is InChI=1S/C21H31N3O4/c1-21(2,3)28-20(27)23-17-10-7-9-16(15-17)19(26)22-12-8-14-24-13-6-4-5-11-18(24)25/h7,9-10,15H,4-6,8,11-14H2,1-3H3,(H,22,26)(H,23,27). The Morgan fingerprint density at radius 2 is 1.96 bits per heavy atom. The molecule has 0 bridgehead atoms. The van der Waals surface area contributed by atoms with Crippen molar-refractivity contribution < 1.29 is 19.1 Å². The van der Waals surface area contributed by atoms with E-state index in [1.165, 1.54) is 0 Å². The zero-order chi connectivity index (χ0) is 20.6. The summed E-state index contributed by atoms with van der Waals surface area (Å²) in [5.74, 6) is -0.000207. The lowest BCUT2D eigenvalue weighted by atomic mass is 10.2. The van der Waals surface area contributed by atoms with Gasteiger partial charge in [0.1, 0.15) is 5.60 Å². The first kappa shape index (κ1) is 21.7. The van der Waals surface area contributed by atoms with E-state index in [1.54, 1.807) is 45.0 Å². The second-order valence-corrected chi connectivity index (χ2v) is 8.01. The van der Waals surface area contributed by atoms with Crippen LogP contribution in [0, 0.1) is 0 Å². The van der Waals surface area contributed by atoms with E-state index in [-0.39, 0.29) is 11.8 Å². The van der Waals surface area contributed by atoms with Gasteiger partial charge in [0.15, 0.2) is 0 Å². The lowest BCUT2D eigenvalue weighted by molar-refractivity contribution is -0.130. The van der Waals surface area contributed by atoms with Gasteiger partial charge in [0.05, 0.1) is 0 Å². The molecule has 0 atom stereocenters. The Morgan fingerprint density at radius 1 is 1.18 bits per heavy atom. The topological polar surface area (TPSA) is 87.7 Å². The molecule has 1 aromatic carbocycles. The van der Waals surface area contributed by atoms with Crippen molar-refractivity contribution in [2.45, 2.75) is 58.5 Å². The van der Waals surface area contributed by atoms with Crippen LogP contribution >= 0.6 is 0 Å². The third-order valence-electron chi connectivity index (χ3n) is 4.33. The molecule has 2 N–H and O–H groups in total. The van der Waals surface area contributed by atoms with Crippen molar-refractivity contribution in [2.75, 3.05) is 25.0 Å². The maximum absolute atomic E-state index is 12.3. The van der Waals surface area contributed by atoms with Gasteiger partial charge in [-0.3, -0.25) is 14.9 Å². The predicted molar refractivity (Wildman–Crippen MR) is 108 cm³/mol. The Hall–Kier alpha value is -2.57. The van der Waals surface area contributed by atoms with Crippen LogP contribution in [-0.4, -0.2) is 48.0 Å². The van der Waals surface area contributed by atoms with Crippen LogP contribution in [0.3, 0.4) is 0 Å². The smallest absolute Gasteiger partial charge is 0.412 e. The first-order chi connectivity index (χ1) is 13.2. The van der Waals surface area contributed by atoms with Crippen molar-refractivity contribution >= 4 is 23.6 Å². The second-order valence-electron chi connectivity index (χ2n) is 8.01. The van der Waals surface area contributed by atoms with Gasteiger partial charge in [0, 0.05) is 37.3 Å². The average molecular weight is 389 g/mol. The zero-order valence-corrected chi connectivity index (χ0v) is 17.0. The summed E-state index contributed by atoms with van der Waals surface area (Å²) in [6.45, 7) is 7.33. The molecule has 0 unspecified atom stereocenters. The molecule has 7 heteroatoms. The van der Waals surface area contributed by atoms with Crippen LogP contribution in [0.2, 0.25) is 0 Å². The minimum atomic E-state index is -0.589. The van der Waals surface area contributed by atoms with Crippen LogP contribution in [0.5, 0.6) is 0 Å². The minimum Gasteiger partial charge on any atom is -0.444 e. The molecule has 1 aliphatic rings. The summed E-state index contributed by atoms with van der Waals surface area (Å²) in [6, 6.07) is 6.70. The molecule has 28 heavy (non-hydrogen) atoms. The van der Waals surface area contributed by atoms with Gasteiger partial charge >= 0.3 is 6.09 Å². The van der Waals surface area contributed by atoms with E-state index < -0.39 is 11.7 Å². The summed E-state index contributed by atoms with van der Waals surface area (Å²) in [5.41, 5.74) is 0.366. The van der Waals surface area contributed by atoms with Gasteiger partial charge in [0.2, 0.25) is 5.91 Å². The van der Waals surface area contributed by atoms with Crippen molar-refractivity contribution in [1.29, 1.82) is 0 Å². The molecule has 154 valence electrons. The van der Waals surface area contributed by atoms with E-state index in [0.29, 0.717) is 37.2 Å². The molecule has 0 spiro atoms. The molecule has 1 heterocycles. The van der Waals surface area contributed by atoms with Crippen molar-refractivity contribution in [3.8, 4) is 0 Å².